The first-order chi connectivity index (χ1) is 8.07. The van der Waals surface area contributed by atoms with Crippen molar-refractivity contribution in [3.05, 3.63) is 39.7 Å². The van der Waals surface area contributed by atoms with Gasteiger partial charge in [-0.05, 0) is 17.7 Å². The Morgan fingerprint density at radius 3 is 2.33 bits per heavy atom. The second kappa shape index (κ2) is 7.20. The Balaban J connectivity index is 0.00000162. The maximum absolute atomic E-state index is 9.51. The van der Waals surface area contributed by atoms with Crippen LogP contribution in [-0.2, 0) is 5.41 Å². The Morgan fingerprint density at radius 1 is 1.22 bits per heavy atom. The molecule has 1 aliphatic carbocycles. The summed E-state index contributed by atoms with van der Waals surface area (Å²) in [5, 5.41) is 10.6. The topological polar surface area (TPSA) is 23.8 Å². The van der Waals surface area contributed by atoms with Crippen LogP contribution in [0.3, 0.4) is 0 Å². The number of rotatable bonds is 1. The van der Waals surface area contributed by atoms with Crippen molar-refractivity contribution in [2.75, 3.05) is 0 Å². The summed E-state index contributed by atoms with van der Waals surface area (Å²) in [7, 11) is 0. The molecule has 0 aromatic heterocycles. The van der Waals surface area contributed by atoms with Crippen molar-refractivity contribution < 1.29 is 58.2 Å². The fraction of sp³-hybridized carbons (Fsp3) is 0.429. The van der Waals surface area contributed by atoms with Crippen LogP contribution >= 0.6 is 23.2 Å². The van der Waals surface area contributed by atoms with Crippen LogP contribution in [0.15, 0.2) is 18.2 Å². The first-order valence-corrected chi connectivity index (χ1v) is 6.51. The van der Waals surface area contributed by atoms with Gasteiger partial charge in [-0.3, -0.25) is 0 Å². The molecule has 1 aliphatic rings. The average molecular weight is 353 g/mol. The van der Waals surface area contributed by atoms with Gasteiger partial charge in [0.05, 0.1) is 21.5 Å². The minimum Gasteiger partial charge on any atom is -0.317 e. The number of benzene rings is 1. The van der Waals surface area contributed by atoms with Crippen molar-refractivity contribution in [1.29, 1.82) is 5.26 Å². The normalized spacial score (nSPS) is 18.8. The van der Waals surface area contributed by atoms with Gasteiger partial charge in [-0.15, -0.1) is 0 Å². The van der Waals surface area contributed by atoms with Crippen LogP contribution in [0.25, 0.3) is 0 Å². The third-order valence-corrected chi connectivity index (χ3v) is 4.38. The SMILES string of the molecule is C[C-]1CCC(C#N)(c2ccc(Cl)c(Cl)c2)CC1.[Rb+]. The van der Waals surface area contributed by atoms with Crippen molar-refractivity contribution in [2.45, 2.75) is 38.0 Å². The van der Waals surface area contributed by atoms with Crippen LogP contribution < -0.4 is 58.2 Å². The predicted molar refractivity (Wildman–Crippen MR) is 71.1 cm³/mol. The molecule has 1 saturated carbocycles. The number of hydrogen-bond acceptors (Lipinski definition) is 1. The van der Waals surface area contributed by atoms with Crippen LogP contribution in [0.4, 0.5) is 0 Å². The molecule has 4 heteroatoms. The summed E-state index contributed by atoms with van der Waals surface area (Å²) in [6.07, 6.45) is 3.81. The van der Waals surface area contributed by atoms with E-state index >= 15 is 0 Å². The van der Waals surface area contributed by atoms with Gasteiger partial charge in [0, 0.05) is 0 Å². The average Bonchev–Trinajstić information content (AvgIpc) is 2.34. The van der Waals surface area contributed by atoms with Crippen molar-refractivity contribution in [3.63, 3.8) is 0 Å². The molecule has 90 valence electrons. The van der Waals surface area contributed by atoms with E-state index in [1.54, 1.807) is 6.07 Å². The Hall–Kier alpha value is 1.10. The van der Waals surface area contributed by atoms with E-state index in [0.717, 1.165) is 31.2 Å². The molecular weight excluding hydrogens is 339 g/mol. The van der Waals surface area contributed by atoms with Gasteiger partial charge in [-0.1, -0.05) is 42.1 Å². The maximum Gasteiger partial charge on any atom is 1.00 e. The summed E-state index contributed by atoms with van der Waals surface area (Å²) in [6.45, 7) is 2.16. The molecule has 0 radical (unpaired) electrons. The Labute approximate surface area is 168 Å². The van der Waals surface area contributed by atoms with Gasteiger partial charge in [0.15, 0.2) is 0 Å². The van der Waals surface area contributed by atoms with Gasteiger partial charge in [-0.2, -0.15) is 25.0 Å². The Bertz CT molecular complexity index is 459. The maximum atomic E-state index is 9.51. The molecule has 2 rings (SSSR count). The molecule has 0 saturated heterocycles. The molecule has 18 heavy (non-hydrogen) atoms. The predicted octanol–water partition coefficient (Wildman–Crippen LogP) is 1.93. The molecule has 1 aromatic carbocycles. The zero-order valence-corrected chi connectivity index (χ0v) is 17.2. The van der Waals surface area contributed by atoms with Gasteiger partial charge in [0.2, 0.25) is 0 Å². The molecule has 0 spiro atoms. The molecule has 0 aliphatic heterocycles. The minimum atomic E-state index is -0.381. The van der Waals surface area contributed by atoms with Crippen LogP contribution in [-0.4, -0.2) is 0 Å². The zero-order valence-electron chi connectivity index (χ0n) is 10.8. The Morgan fingerprint density at radius 2 is 1.83 bits per heavy atom. The fourth-order valence-electron chi connectivity index (χ4n) is 2.36. The van der Waals surface area contributed by atoms with Crippen molar-refractivity contribution in [2.24, 2.45) is 0 Å². The molecule has 0 unspecified atom stereocenters. The summed E-state index contributed by atoms with van der Waals surface area (Å²) >= 11 is 11.9. The summed E-state index contributed by atoms with van der Waals surface area (Å²) in [4.78, 5) is 0. The number of nitrogens with zero attached hydrogens (tertiary/aromatic N) is 1. The quantitative estimate of drug-likeness (QED) is 0.709. The third-order valence-electron chi connectivity index (χ3n) is 3.64. The van der Waals surface area contributed by atoms with E-state index < -0.39 is 0 Å². The van der Waals surface area contributed by atoms with E-state index in [0.29, 0.717) is 10.0 Å². The molecule has 0 heterocycles. The monoisotopic (exact) mass is 351 g/mol. The van der Waals surface area contributed by atoms with Crippen LogP contribution in [0.5, 0.6) is 0 Å². The molecule has 0 amide bonds. The van der Waals surface area contributed by atoms with Crippen LogP contribution in [0, 0.1) is 17.2 Å². The molecule has 1 aromatic rings. The summed E-state index contributed by atoms with van der Waals surface area (Å²) in [6, 6.07) is 8.04. The van der Waals surface area contributed by atoms with E-state index in [9.17, 15) is 5.26 Å². The standard InChI is InChI=1S/C14H14Cl2N.Rb/c1-10-4-6-14(9-17,7-5-10)11-2-3-12(15)13(16)8-11;/h2-3,8H,4-7H2,1H3;/q-1;+1. The summed E-state index contributed by atoms with van der Waals surface area (Å²) in [5.74, 6) is 1.48. The number of nitriles is 1. The van der Waals surface area contributed by atoms with Crippen molar-refractivity contribution in [1.82, 2.24) is 0 Å². The second-order valence-corrected chi connectivity index (χ2v) is 5.59. The summed E-state index contributed by atoms with van der Waals surface area (Å²) in [5.41, 5.74) is 0.621. The van der Waals surface area contributed by atoms with E-state index in [1.807, 2.05) is 12.1 Å². The first-order valence-electron chi connectivity index (χ1n) is 5.75. The van der Waals surface area contributed by atoms with Crippen LogP contribution in [0.1, 0.15) is 38.2 Å². The van der Waals surface area contributed by atoms with E-state index in [1.165, 1.54) is 5.92 Å². The molecule has 1 nitrogen and oxygen atoms in total. The molecule has 1 fully saturated rings. The third kappa shape index (κ3) is 3.60. The van der Waals surface area contributed by atoms with Crippen molar-refractivity contribution in [3.8, 4) is 6.07 Å². The van der Waals surface area contributed by atoms with Gasteiger partial charge in [-0.25, -0.2) is 0 Å². The van der Waals surface area contributed by atoms with Gasteiger partial charge in [0.25, 0.3) is 0 Å². The van der Waals surface area contributed by atoms with Crippen LogP contribution in [0.2, 0.25) is 10.0 Å². The van der Waals surface area contributed by atoms with E-state index in [2.05, 4.69) is 13.0 Å². The fourth-order valence-corrected chi connectivity index (χ4v) is 2.66. The smallest absolute Gasteiger partial charge is 0.317 e. The van der Waals surface area contributed by atoms with Gasteiger partial charge < -0.3 is 5.92 Å². The van der Waals surface area contributed by atoms with Crippen molar-refractivity contribution >= 4 is 23.2 Å². The Kier molecular flexibility index (Phi) is 6.86. The zero-order chi connectivity index (χ0) is 12.5. The molecule has 0 atom stereocenters. The second-order valence-electron chi connectivity index (χ2n) is 4.78. The first kappa shape index (κ1) is 17.1. The minimum absolute atomic E-state index is 0. The van der Waals surface area contributed by atoms with Gasteiger partial charge >= 0.3 is 58.2 Å². The molecule has 0 bridgehead atoms. The van der Waals surface area contributed by atoms with E-state index in [-0.39, 0.29) is 63.6 Å². The van der Waals surface area contributed by atoms with E-state index in [4.69, 9.17) is 23.2 Å². The summed E-state index contributed by atoms with van der Waals surface area (Å²) < 4.78 is 0. The largest absolute Gasteiger partial charge is 1.00 e. The number of halogens is 2. The van der Waals surface area contributed by atoms with Gasteiger partial charge in [0.1, 0.15) is 0 Å². The molecular formula is C14H14Cl2NRb. The number of hydrogen-bond donors (Lipinski definition) is 0. The molecule has 0 N–H and O–H groups in total.